The molecule has 0 radical (unpaired) electrons. The average Bonchev–Trinajstić information content (AvgIpc) is 2.87. The number of nitrogens with zero attached hydrogens (tertiary/aromatic N) is 1. The number of rotatable bonds is 6. The van der Waals surface area contributed by atoms with Crippen LogP contribution in [0.4, 0.5) is 5.69 Å². The molecule has 26 heavy (non-hydrogen) atoms. The van der Waals surface area contributed by atoms with Crippen LogP contribution in [0.3, 0.4) is 0 Å². The number of thioether (sulfide) groups is 1. The first-order chi connectivity index (χ1) is 12.5. The van der Waals surface area contributed by atoms with Gasteiger partial charge >= 0.3 is 0 Å². The number of carbonyl (C=O) groups excluding carboxylic acids is 2. The number of imide groups is 1. The maximum atomic E-state index is 13.2. The summed E-state index contributed by atoms with van der Waals surface area (Å²) in [5.41, 5.74) is 1.70. The highest BCUT2D eigenvalue weighted by Gasteiger charge is 2.41. The van der Waals surface area contributed by atoms with E-state index in [1.165, 1.54) is 16.7 Å². The Bertz CT molecular complexity index is 859. The molecule has 3 rings (SSSR count). The van der Waals surface area contributed by atoms with Gasteiger partial charge in [-0.15, -0.1) is 11.8 Å². The first kappa shape index (κ1) is 18.3. The van der Waals surface area contributed by atoms with Crippen molar-refractivity contribution in [2.75, 3.05) is 10.7 Å². The SMILES string of the molecule is CCSC1=C(c2ccccc2)C(=O)N(c2ccccc2OC(C)C)C1=O. The van der Waals surface area contributed by atoms with Crippen molar-refractivity contribution in [1.82, 2.24) is 0 Å². The summed E-state index contributed by atoms with van der Waals surface area (Å²) in [6.45, 7) is 5.79. The third kappa shape index (κ3) is 3.40. The minimum Gasteiger partial charge on any atom is -0.489 e. The number of carbonyl (C=O) groups is 2. The quantitative estimate of drug-likeness (QED) is 0.705. The van der Waals surface area contributed by atoms with Crippen molar-refractivity contribution in [2.45, 2.75) is 26.9 Å². The Kier molecular flexibility index (Phi) is 5.47. The molecule has 134 valence electrons. The van der Waals surface area contributed by atoms with Gasteiger partial charge in [0.05, 0.1) is 22.3 Å². The fourth-order valence-corrected chi connectivity index (χ4v) is 3.71. The van der Waals surface area contributed by atoms with E-state index >= 15 is 0 Å². The van der Waals surface area contributed by atoms with Crippen LogP contribution in [0.15, 0.2) is 59.5 Å². The Morgan fingerprint density at radius 1 is 0.962 bits per heavy atom. The van der Waals surface area contributed by atoms with Crippen LogP contribution in [-0.2, 0) is 9.59 Å². The molecule has 1 aliphatic rings. The molecule has 2 aromatic carbocycles. The van der Waals surface area contributed by atoms with Crippen LogP contribution in [0.2, 0.25) is 0 Å². The van der Waals surface area contributed by atoms with Crippen LogP contribution in [0.25, 0.3) is 5.57 Å². The van der Waals surface area contributed by atoms with Gasteiger partial charge in [-0.3, -0.25) is 9.59 Å². The Morgan fingerprint density at radius 3 is 2.27 bits per heavy atom. The molecular formula is C21H21NO3S. The summed E-state index contributed by atoms with van der Waals surface area (Å²) < 4.78 is 5.82. The fraction of sp³-hybridized carbons (Fsp3) is 0.238. The molecule has 0 saturated heterocycles. The molecule has 0 aliphatic carbocycles. The third-order valence-electron chi connectivity index (χ3n) is 3.86. The molecule has 0 spiro atoms. The van der Waals surface area contributed by atoms with E-state index in [1.54, 1.807) is 18.2 Å². The van der Waals surface area contributed by atoms with E-state index in [0.29, 0.717) is 27.7 Å². The molecule has 0 atom stereocenters. The molecule has 2 aromatic rings. The van der Waals surface area contributed by atoms with Gasteiger partial charge < -0.3 is 4.74 Å². The predicted octanol–water partition coefficient (Wildman–Crippen LogP) is 4.51. The highest BCUT2D eigenvalue weighted by atomic mass is 32.2. The Morgan fingerprint density at radius 2 is 1.62 bits per heavy atom. The molecule has 4 nitrogen and oxygen atoms in total. The largest absolute Gasteiger partial charge is 0.489 e. The smallest absolute Gasteiger partial charge is 0.272 e. The minimum absolute atomic E-state index is 0.0602. The summed E-state index contributed by atoms with van der Waals surface area (Å²) in [6, 6.07) is 16.5. The van der Waals surface area contributed by atoms with Gasteiger partial charge in [0.25, 0.3) is 11.8 Å². The third-order valence-corrected chi connectivity index (χ3v) is 4.82. The Labute approximate surface area is 157 Å². The number of ether oxygens (including phenoxy) is 1. The maximum Gasteiger partial charge on any atom is 0.272 e. The molecule has 0 aromatic heterocycles. The lowest BCUT2D eigenvalue weighted by Crippen LogP contribution is -2.32. The van der Waals surface area contributed by atoms with E-state index in [9.17, 15) is 9.59 Å². The van der Waals surface area contributed by atoms with Crippen molar-refractivity contribution in [3.05, 3.63) is 65.1 Å². The normalized spacial score (nSPS) is 14.5. The van der Waals surface area contributed by atoms with E-state index in [4.69, 9.17) is 4.74 Å². The molecule has 0 fully saturated rings. The summed E-state index contributed by atoms with van der Waals surface area (Å²) in [5.74, 6) is 0.639. The summed E-state index contributed by atoms with van der Waals surface area (Å²) in [4.78, 5) is 28.0. The lowest BCUT2D eigenvalue weighted by atomic mass is 10.1. The van der Waals surface area contributed by atoms with Crippen LogP contribution >= 0.6 is 11.8 Å². The number of para-hydroxylation sites is 2. The summed E-state index contributed by atoms with van der Waals surface area (Å²) in [7, 11) is 0. The lowest BCUT2D eigenvalue weighted by Gasteiger charge is -2.20. The first-order valence-electron chi connectivity index (χ1n) is 8.61. The van der Waals surface area contributed by atoms with Gasteiger partial charge in [0, 0.05) is 0 Å². The lowest BCUT2D eigenvalue weighted by molar-refractivity contribution is -0.119. The molecule has 5 heteroatoms. The number of hydrogen-bond acceptors (Lipinski definition) is 4. The van der Waals surface area contributed by atoms with E-state index in [0.717, 1.165) is 5.56 Å². The molecule has 2 amide bonds. The van der Waals surface area contributed by atoms with Crippen molar-refractivity contribution in [1.29, 1.82) is 0 Å². The molecule has 1 aliphatic heterocycles. The summed E-state index contributed by atoms with van der Waals surface area (Å²) in [5, 5.41) is 0. The number of amides is 2. The van der Waals surface area contributed by atoms with Crippen LogP contribution < -0.4 is 9.64 Å². The van der Waals surface area contributed by atoms with Crippen LogP contribution in [0.1, 0.15) is 26.3 Å². The van der Waals surface area contributed by atoms with E-state index in [-0.39, 0.29) is 17.9 Å². The van der Waals surface area contributed by atoms with Crippen molar-refractivity contribution in [3.63, 3.8) is 0 Å². The van der Waals surface area contributed by atoms with Crippen LogP contribution in [0.5, 0.6) is 5.75 Å². The minimum atomic E-state index is -0.308. The zero-order valence-corrected chi connectivity index (χ0v) is 15.9. The summed E-state index contributed by atoms with van der Waals surface area (Å²) >= 11 is 1.40. The second-order valence-corrected chi connectivity index (χ2v) is 7.36. The van der Waals surface area contributed by atoms with Gasteiger partial charge in [0.1, 0.15) is 5.75 Å². The number of benzene rings is 2. The Balaban J connectivity index is 2.08. The van der Waals surface area contributed by atoms with Gasteiger partial charge in [0.2, 0.25) is 0 Å². The standard InChI is InChI=1S/C21H21NO3S/c1-4-26-19-18(15-10-6-5-7-11-15)20(23)22(21(19)24)16-12-8-9-13-17(16)25-14(2)3/h5-14H,4H2,1-3H3. The molecule has 1 heterocycles. The van der Waals surface area contributed by atoms with Gasteiger partial charge in [-0.05, 0) is 37.3 Å². The van der Waals surface area contributed by atoms with Crippen LogP contribution in [0, 0.1) is 0 Å². The molecule has 0 unspecified atom stereocenters. The second kappa shape index (κ2) is 7.79. The van der Waals surface area contributed by atoms with Gasteiger partial charge in [-0.2, -0.15) is 0 Å². The highest BCUT2D eigenvalue weighted by Crippen LogP contribution is 2.41. The van der Waals surface area contributed by atoms with Crippen LogP contribution in [-0.4, -0.2) is 23.7 Å². The summed E-state index contributed by atoms with van der Waals surface area (Å²) in [6.07, 6.45) is -0.0602. The highest BCUT2D eigenvalue weighted by molar-refractivity contribution is 8.04. The first-order valence-corrected chi connectivity index (χ1v) is 9.60. The van der Waals surface area contributed by atoms with Crippen molar-refractivity contribution in [2.24, 2.45) is 0 Å². The molecular weight excluding hydrogens is 346 g/mol. The van der Waals surface area contributed by atoms with Crippen molar-refractivity contribution >= 4 is 34.8 Å². The average molecular weight is 367 g/mol. The molecule has 0 N–H and O–H groups in total. The molecule has 0 saturated carbocycles. The predicted molar refractivity (Wildman–Crippen MR) is 106 cm³/mol. The van der Waals surface area contributed by atoms with Gasteiger partial charge in [-0.1, -0.05) is 49.4 Å². The van der Waals surface area contributed by atoms with Crippen molar-refractivity contribution in [3.8, 4) is 5.75 Å². The van der Waals surface area contributed by atoms with E-state index < -0.39 is 0 Å². The molecule has 0 bridgehead atoms. The maximum absolute atomic E-state index is 13.2. The van der Waals surface area contributed by atoms with Gasteiger partial charge in [0.15, 0.2) is 0 Å². The van der Waals surface area contributed by atoms with Gasteiger partial charge in [-0.25, -0.2) is 4.90 Å². The van der Waals surface area contributed by atoms with E-state index in [1.807, 2.05) is 57.2 Å². The van der Waals surface area contributed by atoms with Crippen molar-refractivity contribution < 1.29 is 14.3 Å². The van der Waals surface area contributed by atoms with E-state index in [2.05, 4.69) is 0 Å². The zero-order valence-electron chi connectivity index (χ0n) is 15.1. The second-order valence-electron chi connectivity index (χ2n) is 6.08. The Hall–Kier alpha value is -2.53. The zero-order chi connectivity index (χ0) is 18.7. The number of anilines is 1. The fourth-order valence-electron chi connectivity index (χ4n) is 2.86. The number of hydrogen-bond donors (Lipinski definition) is 0. The monoisotopic (exact) mass is 367 g/mol. The topological polar surface area (TPSA) is 46.6 Å².